The molecular formula is C26H34BrN3O6S. The number of halogens is 1. The Bertz CT molecular complexity index is 1210. The molecule has 0 aliphatic carbocycles. The third-order valence-corrected chi connectivity index (χ3v) is 8.27. The highest BCUT2D eigenvalue weighted by molar-refractivity contribution is 9.10. The Morgan fingerprint density at radius 2 is 1.81 bits per heavy atom. The van der Waals surface area contributed by atoms with Crippen molar-refractivity contribution in [1.29, 1.82) is 0 Å². The van der Waals surface area contributed by atoms with Gasteiger partial charge >= 0.3 is 0 Å². The Morgan fingerprint density at radius 1 is 1.08 bits per heavy atom. The van der Waals surface area contributed by atoms with Crippen molar-refractivity contribution >= 4 is 43.5 Å². The van der Waals surface area contributed by atoms with Crippen LogP contribution in [0.2, 0.25) is 0 Å². The first-order valence-electron chi connectivity index (χ1n) is 12.4. The summed E-state index contributed by atoms with van der Waals surface area (Å²) >= 11 is 3.44. The zero-order valence-electron chi connectivity index (χ0n) is 21.4. The summed E-state index contributed by atoms with van der Waals surface area (Å²) in [5.74, 6) is -0.0509. The molecule has 9 nitrogen and oxygen atoms in total. The van der Waals surface area contributed by atoms with Crippen LogP contribution in [-0.4, -0.2) is 63.2 Å². The average molecular weight is 597 g/mol. The van der Waals surface area contributed by atoms with Gasteiger partial charge in [0.1, 0.15) is 25.8 Å². The molecule has 2 aromatic rings. The van der Waals surface area contributed by atoms with Crippen LogP contribution in [0, 0.1) is 0 Å². The van der Waals surface area contributed by atoms with E-state index in [1.165, 1.54) is 11.8 Å². The number of unbranched alkanes of at least 4 members (excludes halogenated alkanes) is 1. The number of nitrogens with one attached hydrogen (secondary N) is 1. The lowest BCUT2D eigenvalue weighted by Crippen LogP contribution is -2.51. The number of nitrogens with zero attached hydrogens (tertiary/aromatic N) is 2. The van der Waals surface area contributed by atoms with E-state index in [0.717, 1.165) is 27.2 Å². The fourth-order valence-corrected chi connectivity index (χ4v) is 5.36. The van der Waals surface area contributed by atoms with E-state index in [-0.39, 0.29) is 18.2 Å². The standard InChI is InChI=1S/C26H34BrN3O6S/c1-4-6-12-28-26(32)19(3)29(17-20-8-7-9-21(27)15-20)25(31)18-30(37(33,34)5-2)22-10-11-23-24(16-22)36-14-13-35-23/h7-11,15-16,19H,4-6,12-14,17-18H2,1-3H3,(H,28,32). The van der Waals surface area contributed by atoms with Gasteiger partial charge in [-0.15, -0.1) is 0 Å². The van der Waals surface area contributed by atoms with Gasteiger partial charge in [0.15, 0.2) is 11.5 Å². The molecule has 1 aliphatic heterocycles. The van der Waals surface area contributed by atoms with Crippen molar-refractivity contribution < 1.29 is 27.5 Å². The molecule has 3 rings (SSSR count). The van der Waals surface area contributed by atoms with Crippen LogP contribution in [0.15, 0.2) is 46.9 Å². The number of sulfonamides is 1. The summed E-state index contributed by atoms with van der Waals surface area (Å²) in [6, 6.07) is 11.4. The van der Waals surface area contributed by atoms with Gasteiger partial charge in [-0.3, -0.25) is 13.9 Å². The van der Waals surface area contributed by atoms with Crippen molar-refractivity contribution in [2.45, 2.75) is 46.2 Å². The number of carbonyl (C=O) groups is 2. The van der Waals surface area contributed by atoms with E-state index in [9.17, 15) is 18.0 Å². The van der Waals surface area contributed by atoms with Crippen LogP contribution in [0.25, 0.3) is 0 Å². The van der Waals surface area contributed by atoms with E-state index in [4.69, 9.17) is 9.47 Å². The Hall–Kier alpha value is -2.79. The van der Waals surface area contributed by atoms with Gasteiger partial charge in [-0.2, -0.15) is 0 Å². The predicted octanol–water partition coefficient (Wildman–Crippen LogP) is 3.71. The zero-order valence-corrected chi connectivity index (χ0v) is 23.8. The highest BCUT2D eigenvalue weighted by Crippen LogP contribution is 2.35. The summed E-state index contributed by atoms with van der Waals surface area (Å²) < 4.78 is 39.3. The minimum atomic E-state index is -3.83. The van der Waals surface area contributed by atoms with Crippen LogP contribution < -0.4 is 19.1 Å². The maximum Gasteiger partial charge on any atom is 0.244 e. The van der Waals surface area contributed by atoms with E-state index >= 15 is 0 Å². The second kappa shape index (κ2) is 13.1. The second-order valence-corrected chi connectivity index (χ2v) is 11.8. The van der Waals surface area contributed by atoms with E-state index in [1.807, 2.05) is 31.2 Å². The van der Waals surface area contributed by atoms with Crippen molar-refractivity contribution in [3.8, 4) is 11.5 Å². The van der Waals surface area contributed by atoms with Crippen LogP contribution in [0.4, 0.5) is 5.69 Å². The third-order valence-electron chi connectivity index (χ3n) is 6.03. The van der Waals surface area contributed by atoms with E-state index < -0.39 is 28.5 Å². The highest BCUT2D eigenvalue weighted by atomic mass is 79.9. The molecule has 0 fully saturated rings. The molecular weight excluding hydrogens is 562 g/mol. The van der Waals surface area contributed by atoms with Gasteiger partial charge < -0.3 is 19.7 Å². The molecule has 1 atom stereocenters. The smallest absolute Gasteiger partial charge is 0.244 e. The molecule has 0 radical (unpaired) electrons. The Balaban J connectivity index is 1.92. The normalized spacial score (nSPS) is 13.5. The van der Waals surface area contributed by atoms with Gasteiger partial charge in [-0.05, 0) is 50.1 Å². The average Bonchev–Trinajstić information content (AvgIpc) is 2.89. The summed E-state index contributed by atoms with van der Waals surface area (Å²) in [5.41, 5.74) is 1.10. The molecule has 1 heterocycles. The first-order valence-corrected chi connectivity index (χ1v) is 14.8. The molecule has 1 N–H and O–H groups in total. The van der Waals surface area contributed by atoms with Crippen molar-refractivity contribution in [3.05, 3.63) is 52.5 Å². The maximum absolute atomic E-state index is 13.7. The molecule has 1 unspecified atom stereocenters. The number of anilines is 1. The number of carbonyl (C=O) groups excluding carboxylic acids is 2. The molecule has 0 aromatic heterocycles. The molecule has 0 spiro atoms. The number of ether oxygens (including phenoxy) is 2. The quantitative estimate of drug-likeness (QED) is 0.375. The molecule has 2 aromatic carbocycles. The first-order chi connectivity index (χ1) is 17.7. The van der Waals surface area contributed by atoms with Crippen LogP contribution in [0.5, 0.6) is 11.5 Å². The third kappa shape index (κ3) is 7.61. The number of amides is 2. The topological polar surface area (TPSA) is 105 Å². The van der Waals surface area contributed by atoms with Gasteiger partial charge in [0.2, 0.25) is 21.8 Å². The fourth-order valence-electron chi connectivity index (χ4n) is 3.86. The molecule has 0 bridgehead atoms. The molecule has 0 saturated carbocycles. The summed E-state index contributed by atoms with van der Waals surface area (Å²) in [6.45, 7) is 6.14. The van der Waals surface area contributed by atoms with Crippen LogP contribution in [0.1, 0.15) is 39.2 Å². The zero-order chi connectivity index (χ0) is 27.0. The predicted molar refractivity (Wildman–Crippen MR) is 146 cm³/mol. The van der Waals surface area contributed by atoms with Crippen LogP contribution in [0.3, 0.4) is 0 Å². The lowest BCUT2D eigenvalue weighted by Gasteiger charge is -2.32. The molecule has 1 aliphatic rings. The van der Waals surface area contributed by atoms with Gasteiger partial charge in [-0.25, -0.2) is 8.42 Å². The second-order valence-electron chi connectivity index (χ2n) is 8.71. The maximum atomic E-state index is 13.7. The van der Waals surface area contributed by atoms with Crippen molar-refractivity contribution in [1.82, 2.24) is 10.2 Å². The van der Waals surface area contributed by atoms with Gasteiger partial charge in [0.25, 0.3) is 0 Å². The molecule has 37 heavy (non-hydrogen) atoms. The minimum Gasteiger partial charge on any atom is -0.486 e. The summed E-state index contributed by atoms with van der Waals surface area (Å²) in [7, 11) is -3.83. The van der Waals surface area contributed by atoms with Crippen molar-refractivity contribution in [2.24, 2.45) is 0 Å². The number of rotatable bonds is 12. The lowest BCUT2D eigenvalue weighted by atomic mass is 10.1. The monoisotopic (exact) mass is 595 g/mol. The Kier molecular flexibility index (Phi) is 10.2. The molecule has 0 saturated heterocycles. The Labute approximate surface area is 227 Å². The van der Waals surface area contributed by atoms with Crippen LogP contribution >= 0.6 is 15.9 Å². The molecule has 2 amide bonds. The lowest BCUT2D eigenvalue weighted by molar-refractivity contribution is -0.139. The van der Waals surface area contributed by atoms with E-state index in [0.29, 0.717) is 36.9 Å². The van der Waals surface area contributed by atoms with E-state index in [1.54, 1.807) is 25.1 Å². The number of hydrogen-bond acceptors (Lipinski definition) is 6. The number of hydrogen-bond donors (Lipinski definition) is 1. The highest BCUT2D eigenvalue weighted by Gasteiger charge is 2.31. The molecule has 11 heteroatoms. The fraction of sp³-hybridized carbons (Fsp3) is 0.462. The van der Waals surface area contributed by atoms with Gasteiger partial charge in [0, 0.05) is 23.6 Å². The van der Waals surface area contributed by atoms with Crippen molar-refractivity contribution in [3.63, 3.8) is 0 Å². The van der Waals surface area contributed by atoms with Gasteiger partial charge in [-0.1, -0.05) is 41.4 Å². The summed E-state index contributed by atoms with van der Waals surface area (Å²) in [5, 5.41) is 2.87. The number of fused-ring (bicyclic) bond motifs is 1. The van der Waals surface area contributed by atoms with Crippen LogP contribution in [-0.2, 0) is 26.2 Å². The molecule has 202 valence electrons. The SMILES string of the molecule is CCCCNC(=O)C(C)N(Cc1cccc(Br)c1)C(=O)CN(c1ccc2c(c1)OCCO2)S(=O)(=O)CC. The largest absolute Gasteiger partial charge is 0.486 e. The first kappa shape index (κ1) is 28.8. The van der Waals surface area contributed by atoms with E-state index in [2.05, 4.69) is 21.2 Å². The Morgan fingerprint density at radius 3 is 2.49 bits per heavy atom. The number of benzene rings is 2. The van der Waals surface area contributed by atoms with Gasteiger partial charge in [0.05, 0.1) is 11.4 Å². The summed E-state index contributed by atoms with van der Waals surface area (Å²) in [4.78, 5) is 28.0. The van der Waals surface area contributed by atoms with Crippen molar-refractivity contribution in [2.75, 3.05) is 36.4 Å². The summed E-state index contributed by atoms with van der Waals surface area (Å²) in [6.07, 6.45) is 1.75. The minimum absolute atomic E-state index is 0.141.